The summed E-state index contributed by atoms with van der Waals surface area (Å²) in [6, 6.07) is 19.0. The number of esters is 1. The first-order chi connectivity index (χ1) is 32.5. The van der Waals surface area contributed by atoms with Crippen LogP contribution in [0.5, 0.6) is 0 Å². The van der Waals surface area contributed by atoms with Crippen molar-refractivity contribution in [2.45, 2.75) is 114 Å². The number of benzene rings is 3. The van der Waals surface area contributed by atoms with Gasteiger partial charge >= 0.3 is 5.97 Å². The van der Waals surface area contributed by atoms with E-state index in [-0.39, 0.29) is 76.2 Å². The highest BCUT2D eigenvalue weighted by atomic mass is 16.5. The van der Waals surface area contributed by atoms with Crippen LogP contribution in [-0.4, -0.2) is 102 Å². The Morgan fingerprint density at radius 1 is 0.618 bits per heavy atom. The molecule has 4 rings (SSSR count). The van der Waals surface area contributed by atoms with E-state index < -0.39 is 96.0 Å². The summed E-state index contributed by atoms with van der Waals surface area (Å²) in [5.74, 6) is -7.32. The monoisotopic (exact) mass is 939 g/mol. The van der Waals surface area contributed by atoms with Crippen LogP contribution >= 0.6 is 0 Å². The van der Waals surface area contributed by atoms with Crippen molar-refractivity contribution in [3.63, 3.8) is 0 Å². The highest BCUT2D eigenvalue weighted by Gasteiger charge is 2.34. The van der Waals surface area contributed by atoms with Crippen LogP contribution in [0, 0.1) is 5.92 Å². The normalized spacial score (nSPS) is 15.2. The molecule has 1 aliphatic heterocycles. The molecule has 68 heavy (non-hydrogen) atoms. The lowest BCUT2D eigenvalue weighted by molar-refractivity contribution is -0.145. The minimum Gasteiger partial charge on any atom is -0.461 e. The predicted octanol–water partition coefficient (Wildman–Crippen LogP) is -0.389. The predicted molar refractivity (Wildman–Crippen MR) is 247 cm³/mol. The summed E-state index contributed by atoms with van der Waals surface area (Å²) < 4.78 is 5.27. The molecule has 9 amide bonds. The Balaban J connectivity index is 1.45. The van der Waals surface area contributed by atoms with Crippen LogP contribution in [0.2, 0.25) is 0 Å². The number of nitrogens with two attached hydrogens (primary N) is 2. The van der Waals surface area contributed by atoms with Crippen molar-refractivity contribution in [1.82, 2.24) is 37.2 Å². The van der Waals surface area contributed by atoms with Crippen LogP contribution in [0.15, 0.2) is 91.0 Å². The Labute approximate surface area is 394 Å². The van der Waals surface area contributed by atoms with Gasteiger partial charge in [-0.25, -0.2) is 0 Å². The van der Waals surface area contributed by atoms with Crippen molar-refractivity contribution in [3.05, 3.63) is 108 Å². The molecular weight excluding hydrogens is 879 g/mol. The molecule has 0 aliphatic carbocycles. The van der Waals surface area contributed by atoms with Crippen LogP contribution in [0.25, 0.3) is 0 Å². The van der Waals surface area contributed by atoms with Gasteiger partial charge < -0.3 is 53.4 Å². The van der Waals surface area contributed by atoms with E-state index in [2.05, 4.69) is 37.2 Å². The standard InChI is InChI=1S/C48H61N9O11/c1-29(2)24-36(47(66)54-33(43(50)62)20-23-42(61)68-28-32-16-10-5-11-17-32)53-41(60)27-51-44(63)37(25-30-12-6-3-7-13-30)56-48(67)38(26-31-14-8-4-9-15-31)57-46(65)35(18-21-39(49)58)55-45(64)34-19-22-40(59)52-34/h3-17,29,33-38H,18-28H2,1-2H3,(H2,49,58)(H2,50,62)(H,51,63)(H,52,59)(H,53,60)(H,54,66)(H,55,64)(H,56,67)(H,57,65)/t33-,34-,35-,36-,37-,38-/m0/s1. The fraction of sp³-hybridized carbons (Fsp3) is 0.417. The Morgan fingerprint density at radius 2 is 1.12 bits per heavy atom. The zero-order chi connectivity index (χ0) is 49.6. The van der Waals surface area contributed by atoms with Gasteiger partial charge in [0.05, 0.1) is 6.54 Å². The average molecular weight is 940 g/mol. The number of carbonyl (C=O) groups is 10. The van der Waals surface area contributed by atoms with Crippen molar-refractivity contribution in [2.75, 3.05) is 6.54 Å². The van der Waals surface area contributed by atoms with Gasteiger partial charge in [-0.3, -0.25) is 47.9 Å². The molecule has 11 N–H and O–H groups in total. The summed E-state index contributed by atoms with van der Waals surface area (Å²) in [6.45, 7) is 3.00. The van der Waals surface area contributed by atoms with Gasteiger partial charge in [-0.05, 0) is 48.3 Å². The summed E-state index contributed by atoms with van der Waals surface area (Å²) in [7, 11) is 0. The van der Waals surface area contributed by atoms with E-state index in [1.165, 1.54) is 0 Å². The van der Waals surface area contributed by atoms with E-state index >= 15 is 0 Å². The van der Waals surface area contributed by atoms with Crippen LogP contribution in [0.1, 0.15) is 75.5 Å². The Hall–Kier alpha value is -7.64. The molecule has 0 radical (unpaired) electrons. The van der Waals surface area contributed by atoms with E-state index in [1.54, 1.807) is 98.8 Å². The summed E-state index contributed by atoms with van der Waals surface area (Å²) >= 11 is 0. The van der Waals surface area contributed by atoms with E-state index in [9.17, 15) is 47.9 Å². The molecule has 3 aromatic rings. The number of primary amides is 2. The molecule has 3 aromatic carbocycles. The van der Waals surface area contributed by atoms with Gasteiger partial charge in [-0.2, -0.15) is 0 Å². The fourth-order valence-corrected chi connectivity index (χ4v) is 7.17. The molecule has 20 nitrogen and oxygen atoms in total. The van der Waals surface area contributed by atoms with Gasteiger partial charge in [-0.1, -0.05) is 105 Å². The second-order valence-corrected chi connectivity index (χ2v) is 16.8. The third-order valence-electron chi connectivity index (χ3n) is 10.8. The maximum Gasteiger partial charge on any atom is 0.306 e. The van der Waals surface area contributed by atoms with Gasteiger partial charge in [-0.15, -0.1) is 0 Å². The lowest BCUT2D eigenvalue weighted by Gasteiger charge is -2.26. The summed E-state index contributed by atoms with van der Waals surface area (Å²) in [5, 5.41) is 18.0. The van der Waals surface area contributed by atoms with Crippen molar-refractivity contribution >= 4 is 59.1 Å². The van der Waals surface area contributed by atoms with E-state index in [0.29, 0.717) is 11.1 Å². The molecule has 1 fully saturated rings. The molecule has 20 heteroatoms. The number of amides is 9. The van der Waals surface area contributed by atoms with Crippen molar-refractivity contribution in [3.8, 4) is 0 Å². The molecule has 1 heterocycles. The SMILES string of the molecule is CC(C)C[C@H](NC(=O)CNC(=O)[C@H](Cc1ccccc1)NC(=O)[C@H](Cc1ccccc1)NC(=O)[C@H](CCC(N)=O)NC(=O)[C@@H]1CCC(=O)N1)C(=O)N[C@@H](CCC(=O)OCc1ccccc1)C(N)=O. The third kappa shape index (κ3) is 18.7. The second-order valence-electron chi connectivity index (χ2n) is 16.8. The van der Waals surface area contributed by atoms with Crippen LogP contribution in [0.4, 0.5) is 0 Å². The number of carbonyl (C=O) groups excluding carboxylic acids is 10. The molecule has 0 spiro atoms. The number of hydrogen-bond acceptors (Lipinski definition) is 11. The van der Waals surface area contributed by atoms with Crippen LogP contribution in [0.3, 0.4) is 0 Å². The average Bonchev–Trinajstić information content (AvgIpc) is 3.76. The first kappa shape index (κ1) is 53.0. The molecule has 1 saturated heterocycles. The van der Waals surface area contributed by atoms with Crippen molar-refractivity contribution in [1.29, 1.82) is 0 Å². The van der Waals surface area contributed by atoms with Gasteiger partial charge in [0.2, 0.25) is 53.2 Å². The maximum atomic E-state index is 14.2. The van der Waals surface area contributed by atoms with Crippen molar-refractivity contribution in [2.24, 2.45) is 17.4 Å². The van der Waals surface area contributed by atoms with E-state index in [0.717, 1.165) is 5.56 Å². The Morgan fingerprint density at radius 3 is 1.63 bits per heavy atom. The molecular formula is C48H61N9O11. The number of nitrogens with one attached hydrogen (secondary N) is 7. The second kappa shape index (κ2) is 27.1. The Bertz CT molecular complexity index is 2230. The van der Waals surface area contributed by atoms with E-state index in [4.69, 9.17) is 16.2 Å². The highest BCUT2D eigenvalue weighted by Crippen LogP contribution is 2.12. The van der Waals surface area contributed by atoms with Crippen LogP contribution < -0.4 is 48.7 Å². The lowest BCUT2D eigenvalue weighted by Crippen LogP contribution is -2.59. The topological polar surface area (TPSA) is 316 Å². The van der Waals surface area contributed by atoms with Gasteiger partial charge in [0, 0.05) is 32.1 Å². The first-order valence-corrected chi connectivity index (χ1v) is 22.4. The molecule has 0 aromatic heterocycles. The zero-order valence-electron chi connectivity index (χ0n) is 38.1. The summed E-state index contributed by atoms with van der Waals surface area (Å²) in [4.78, 5) is 130. The highest BCUT2D eigenvalue weighted by molar-refractivity contribution is 5.97. The summed E-state index contributed by atoms with van der Waals surface area (Å²) in [6.07, 6.45) is -0.576. The molecule has 1 aliphatic rings. The largest absolute Gasteiger partial charge is 0.461 e. The van der Waals surface area contributed by atoms with Gasteiger partial charge in [0.1, 0.15) is 42.9 Å². The minimum atomic E-state index is -1.34. The molecule has 0 bridgehead atoms. The molecule has 6 atom stereocenters. The van der Waals surface area contributed by atoms with Gasteiger partial charge in [0.25, 0.3) is 0 Å². The number of rotatable bonds is 27. The van der Waals surface area contributed by atoms with E-state index in [1.807, 2.05) is 6.07 Å². The van der Waals surface area contributed by atoms with Crippen molar-refractivity contribution < 1.29 is 52.7 Å². The zero-order valence-corrected chi connectivity index (χ0v) is 38.1. The molecule has 0 saturated carbocycles. The number of hydrogen-bond donors (Lipinski definition) is 9. The third-order valence-corrected chi connectivity index (χ3v) is 10.8. The lowest BCUT2D eigenvalue weighted by atomic mass is 10.0. The van der Waals surface area contributed by atoms with Crippen LogP contribution in [-0.2, 0) is 72.1 Å². The molecule has 0 unspecified atom stereocenters. The maximum absolute atomic E-state index is 14.2. The smallest absolute Gasteiger partial charge is 0.306 e. The first-order valence-electron chi connectivity index (χ1n) is 22.4. The minimum absolute atomic E-state index is 0.0205. The molecule has 364 valence electrons. The fourth-order valence-electron chi connectivity index (χ4n) is 7.17. The summed E-state index contributed by atoms with van der Waals surface area (Å²) in [5.41, 5.74) is 13.0. The van der Waals surface area contributed by atoms with Gasteiger partial charge in [0.15, 0.2) is 0 Å². The quantitative estimate of drug-likeness (QED) is 0.0444. The Kier molecular flexibility index (Phi) is 21.1. The number of ether oxygens (including phenoxy) is 1.